The van der Waals surface area contributed by atoms with Crippen LogP contribution >= 0.6 is 11.6 Å². The number of halogens is 1. The summed E-state index contributed by atoms with van der Waals surface area (Å²) in [4.78, 5) is 12.2. The lowest BCUT2D eigenvalue weighted by Crippen LogP contribution is -2.32. The summed E-state index contributed by atoms with van der Waals surface area (Å²) in [6.07, 6.45) is 5.40. The Morgan fingerprint density at radius 3 is 2.41 bits per heavy atom. The highest BCUT2D eigenvalue weighted by molar-refractivity contribution is 6.65. The Labute approximate surface area is 137 Å². The highest BCUT2D eigenvalue weighted by atomic mass is 35.5. The van der Waals surface area contributed by atoms with Gasteiger partial charge in [-0.3, -0.25) is 4.79 Å². The number of carbonyl (C=O) groups excluding carboxylic acids is 1. The highest BCUT2D eigenvalue weighted by Gasteiger charge is 2.34. The standard InChI is InChI=1S/C20H21ClO/c1-20(19(21)22,14-15-7-3-2-4-8-15)18-12-11-16-9-5-6-10-17(16)13-18/h2-4,7-8,11-13H,5-6,9-10,14H2,1H3. The molecule has 1 aliphatic rings. The molecule has 2 heteroatoms. The van der Waals surface area contributed by atoms with Gasteiger partial charge in [0, 0.05) is 0 Å². The second-order valence-corrected chi connectivity index (χ2v) is 6.80. The molecule has 0 aromatic heterocycles. The smallest absolute Gasteiger partial charge is 0.232 e. The molecule has 0 bridgehead atoms. The second-order valence-electron chi connectivity index (χ2n) is 6.46. The van der Waals surface area contributed by atoms with Crippen molar-refractivity contribution in [3.8, 4) is 0 Å². The zero-order chi connectivity index (χ0) is 15.6. The first-order valence-corrected chi connectivity index (χ1v) is 8.33. The SMILES string of the molecule is CC(Cc1ccccc1)(C(=O)Cl)c1ccc2c(c1)CCCC2. The van der Waals surface area contributed by atoms with Gasteiger partial charge < -0.3 is 0 Å². The molecular weight excluding hydrogens is 292 g/mol. The maximum Gasteiger partial charge on any atom is 0.232 e. The van der Waals surface area contributed by atoms with Gasteiger partial charge in [-0.1, -0.05) is 48.5 Å². The molecule has 0 heterocycles. The number of fused-ring (bicyclic) bond motifs is 1. The van der Waals surface area contributed by atoms with Crippen LogP contribution in [0.1, 0.15) is 42.0 Å². The van der Waals surface area contributed by atoms with Gasteiger partial charge in [-0.05, 0) is 72.9 Å². The predicted octanol–water partition coefficient (Wildman–Crippen LogP) is 4.83. The zero-order valence-corrected chi connectivity index (χ0v) is 13.7. The number of benzene rings is 2. The maximum atomic E-state index is 12.2. The minimum absolute atomic E-state index is 0.285. The van der Waals surface area contributed by atoms with Crippen molar-refractivity contribution < 1.29 is 4.79 Å². The van der Waals surface area contributed by atoms with Crippen molar-refractivity contribution in [2.24, 2.45) is 0 Å². The zero-order valence-electron chi connectivity index (χ0n) is 12.9. The topological polar surface area (TPSA) is 17.1 Å². The van der Waals surface area contributed by atoms with Crippen LogP contribution in [-0.4, -0.2) is 5.24 Å². The van der Waals surface area contributed by atoms with E-state index < -0.39 is 5.41 Å². The monoisotopic (exact) mass is 312 g/mol. The molecule has 0 radical (unpaired) electrons. The van der Waals surface area contributed by atoms with Gasteiger partial charge >= 0.3 is 0 Å². The number of rotatable bonds is 4. The summed E-state index contributed by atoms with van der Waals surface area (Å²) in [5, 5.41) is -0.285. The Morgan fingerprint density at radius 2 is 1.73 bits per heavy atom. The Hall–Kier alpha value is -1.60. The van der Waals surface area contributed by atoms with Crippen molar-refractivity contribution in [3.05, 3.63) is 70.8 Å². The molecule has 1 unspecified atom stereocenters. The van der Waals surface area contributed by atoms with E-state index in [1.807, 2.05) is 25.1 Å². The van der Waals surface area contributed by atoms with E-state index in [2.05, 4.69) is 30.3 Å². The molecule has 1 nitrogen and oxygen atoms in total. The van der Waals surface area contributed by atoms with E-state index >= 15 is 0 Å². The first-order valence-electron chi connectivity index (χ1n) is 7.96. The lowest BCUT2D eigenvalue weighted by Gasteiger charge is -2.28. The molecule has 0 spiro atoms. The largest absolute Gasteiger partial charge is 0.280 e. The summed E-state index contributed by atoms with van der Waals surface area (Å²) in [6.45, 7) is 1.96. The quantitative estimate of drug-likeness (QED) is 0.739. The minimum Gasteiger partial charge on any atom is -0.280 e. The van der Waals surface area contributed by atoms with Gasteiger partial charge in [0.25, 0.3) is 0 Å². The number of aryl methyl sites for hydroxylation is 2. The average Bonchev–Trinajstić information content (AvgIpc) is 2.55. The molecule has 3 rings (SSSR count). The van der Waals surface area contributed by atoms with Crippen LogP contribution in [0.15, 0.2) is 48.5 Å². The summed E-state index contributed by atoms with van der Waals surface area (Å²) in [7, 11) is 0. The third kappa shape index (κ3) is 2.96. The molecule has 0 aliphatic heterocycles. The van der Waals surface area contributed by atoms with Crippen molar-refractivity contribution in [1.82, 2.24) is 0 Å². The van der Waals surface area contributed by atoms with Crippen molar-refractivity contribution in [3.63, 3.8) is 0 Å². The predicted molar refractivity (Wildman–Crippen MR) is 91.4 cm³/mol. The molecule has 2 aromatic carbocycles. The molecule has 0 N–H and O–H groups in total. The van der Waals surface area contributed by atoms with E-state index in [4.69, 9.17) is 11.6 Å². The van der Waals surface area contributed by atoms with Gasteiger partial charge in [0.05, 0.1) is 5.41 Å². The third-order valence-electron chi connectivity index (χ3n) is 4.82. The molecule has 0 amide bonds. The average molecular weight is 313 g/mol. The fourth-order valence-electron chi connectivity index (χ4n) is 3.37. The van der Waals surface area contributed by atoms with Gasteiger partial charge in [-0.2, -0.15) is 0 Å². The van der Waals surface area contributed by atoms with E-state index in [1.165, 1.54) is 24.0 Å². The molecule has 114 valence electrons. The van der Waals surface area contributed by atoms with Gasteiger partial charge in [0.15, 0.2) is 0 Å². The van der Waals surface area contributed by atoms with Crippen LogP contribution in [0.3, 0.4) is 0 Å². The van der Waals surface area contributed by atoms with E-state index in [9.17, 15) is 4.79 Å². The van der Waals surface area contributed by atoms with E-state index in [1.54, 1.807) is 0 Å². The van der Waals surface area contributed by atoms with Crippen LogP contribution < -0.4 is 0 Å². The first-order chi connectivity index (χ1) is 10.6. The Bertz CT molecular complexity index is 677. The van der Waals surface area contributed by atoms with Crippen molar-refractivity contribution >= 4 is 16.8 Å². The Balaban J connectivity index is 1.98. The number of hydrogen-bond acceptors (Lipinski definition) is 1. The molecular formula is C20H21ClO. The summed E-state index contributed by atoms with van der Waals surface area (Å²) < 4.78 is 0. The summed E-state index contributed by atoms with van der Waals surface area (Å²) in [5.74, 6) is 0. The van der Waals surface area contributed by atoms with Crippen molar-refractivity contribution in [2.75, 3.05) is 0 Å². The fourth-order valence-corrected chi connectivity index (χ4v) is 3.54. The lowest BCUT2D eigenvalue weighted by molar-refractivity contribution is -0.116. The summed E-state index contributed by atoms with van der Waals surface area (Å²) in [6, 6.07) is 16.6. The van der Waals surface area contributed by atoms with Crippen LogP contribution in [0.5, 0.6) is 0 Å². The molecule has 0 saturated carbocycles. The molecule has 0 saturated heterocycles. The van der Waals surface area contributed by atoms with Gasteiger partial charge in [0.2, 0.25) is 5.24 Å². The van der Waals surface area contributed by atoms with Crippen LogP contribution in [-0.2, 0) is 29.5 Å². The number of carbonyl (C=O) groups is 1. The second kappa shape index (κ2) is 6.26. The van der Waals surface area contributed by atoms with Crippen LogP contribution in [0.2, 0.25) is 0 Å². The molecule has 1 aliphatic carbocycles. The molecule has 22 heavy (non-hydrogen) atoms. The highest BCUT2D eigenvalue weighted by Crippen LogP contribution is 2.33. The van der Waals surface area contributed by atoms with E-state index in [-0.39, 0.29) is 5.24 Å². The normalized spacial score (nSPS) is 16.6. The first kappa shape index (κ1) is 15.3. The van der Waals surface area contributed by atoms with E-state index in [0.717, 1.165) is 24.0 Å². The van der Waals surface area contributed by atoms with Crippen molar-refractivity contribution in [1.29, 1.82) is 0 Å². The molecule has 2 aromatic rings. The number of hydrogen-bond donors (Lipinski definition) is 0. The Kier molecular flexibility index (Phi) is 4.35. The lowest BCUT2D eigenvalue weighted by atomic mass is 9.76. The third-order valence-corrected chi connectivity index (χ3v) is 5.24. The van der Waals surface area contributed by atoms with E-state index in [0.29, 0.717) is 6.42 Å². The summed E-state index contributed by atoms with van der Waals surface area (Å²) >= 11 is 6.01. The molecule has 0 fully saturated rings. The van der Waals surface area contributed by atoms with Crippen molar-refractivity contribution in [2.45, 2.75) is 44.4 Å². The summed E-state index contributed by atoms with van der Waals surface area (Å²) in [5.41, 5.74) is 4.32. The fraction of sp³-hybridized carbons (Fsp3) is 0.350. The van der Waals surface area contributed by atoms with Gasteiger partial charge in [-0.15, -0.1) is 0 Å². The van der Waals surface area contributed by atoms with Gasteiger partial charge in [-0.25, -0.2) is 0 Å². The molecule has 1 atom stereocenters. The van der Waals surface area contributed by atoms with Crippen LogP contribution in [0.25, 0.3) is 0 Å². The maximum absolute atomic E-state index is 12.2. The van der Waals surface area contributed by atoms with Crippen LogP contribution in [0.4, 0.5) is 0 Å². The van der Waals surface area contributed by atoms with Gasteiger partial charge in [0.1, 0.15) is 0 Å². The minimum atomic E-state index is -0.671. The Morgan fingerprint density at radius 1 is 1.05 bits per heavy atom. The van der Waals surface area contributed by atoms with Crippen LogP contribution in [0, 0.1) is 0 Å².